The number of carboxylic acids is 6. The molecule has 0 saturated heterocycles. The number of guanidine groups is 1. The lowest BCUT2D eigenvalue weighted by Crippen LogP contribution is -2.34. The fourth-order valence-electron chi connectivity index (χ4n) is 2.27. The number of rotatable bonds is 16. The molecule has 21 heteroatoms. The van der Waals surface area contributed by atoms with Gasteiger partial charge in [-0.2, -0.15) is 11.8 Å². The molecule has 1 rings (SSSR count). The summed E-state index contributed by atoms with van der Waals surface area (Å²) in [5.74, 6) is -5.64. The first-order chi connectivity index (χ1) is 21.7. The molecule has 0 bridgehead atoms. The van der Waals surface area contributed by atoms with E-state index < -0.39 is 66.4 Å². The topological polar surface area (TPSA) is 416 Å². The van der Waals surface area contributed by atoms with Crippen molar-refractivity contribution in [3.8, 4) is 0 Å². The highest BCUT2D eigenvalue weighted by Gasteiger charge is 2.14. The van der Waals surface area contributed by atoms with Crippen molar-refractivity contribution in [2.45, 2.75) is 56.3 Å². The molecule has 47 heavy (non-hydrogen) atoms. The maximum atomic E-state index is 10.4. The van der Waals surface area contributed by atoms with Crippen LogP contribution in [0.2, 0.25) is 0 Å². The minimum Gasteiger partial charge on any atom is -0.481 e. The summed E-state index contributed by atoms with van der Waals surface area (Å²) in [6, 6.07) is 5.75. The molecule has 0 aliphatic rings. The molecule has 1 aromatic rings. The molecule has 20 N–H and O–H groups in total. The van der Waals surface area contributed by atoms with Crippen LogP contribution in [-0.4, -0.2) is 122 Å². The van der Waals surface area contributed by atoms with Crippen molar-refractivity contribution in [2.24, 2.45) is 34.4 Å². The highest BCUT2D eigenvalue weighted by atomic mass is 32.2. The van der Waals surface area contributed by atoms with Gasteiger partial charge in [0.1, 0.15) is 24.2 Å². The predicted octanol–water partition coefficient (Wildman–Crippen LogP) is -2.64. The molecule has 20 nitrogen and oxygen atoms in total. The molecular formula is C26H48N8O12S. The fourth-order valence-corrected chi connectivity index (χ4v) is 2.76. The van der Waals surface area contributed by atoms with Crippen LogP contribution in [0.1, 0.15) is 31.2 Å². The second-order valence-electron chi connectivity index (χ2n) is 8.93. The number of aliphatic carboxylic acids is 6. The van der Waals surface area contributed by atoms with Crippen molar-refractivity contribution in [1.82, 2.24) is 5.32 Å². The number of thioether (sulfide) groups is 1. The second-order valence-corrected chi connectivity index (χ2v) is 9.91. The van der Waals surface area contributed by atoms with Crippen LogP contribution < -0.4 is 39.7 Å². The molecule has 0 fully saturated rings. The van der Waals surface area contributed by atoms with E-state index in [1.165, 1.54) is 0 Å². The predicted molar refractivity (Wildman–Crippen MR) is 174 cm³/mol. The average molecular weight is 697 g/mol. The standard InChI is InChI=1S/C9H11NO2.C6H14N4O2.C5H11NO2S.C4H7NO4.C2H5NO2/c10-8(9(11)12)6-7-4-2-1-3-5-7;7-4(5(11)12)2-1-3-10-6(8)9;1-9-3-2-4(6)5(7)8;5-2(4(8)9)1-3(6)7;3-1-2(4)5/h1-5,8H,6,10H2,(H,11,12);4H,1-3,7H2,(H,11,12)(H4,8,9,10);4H,2-3,6H2,1H3,(H,7,8);2H,1,5H2,(H,6,7)(H,8,9);1,3H2,(H,4,5). The highest BCUT2D eigenvalue weighted by molar-refractivity contribution is 7.98. The number of hydrogen-bond donors (Lipinski definition) is 14. The van der Waals surface area contributed by atoms with Gasteiger partial charge in [-0.3, -0.25) is 34.2 Å². The van der Waals surface area contributed by atoms with Crippen molar-refractivity contribution in [1.29, 1.82) is 5.41 Å². The molecule has 0 aromatic heterocycles. The molecule has 0 aliphatic heterocycles. The third kappa shape index (κ3) is 39.4. The molecule has 0 heterocycles. The summed E-state index contributed by atoms with van der Waals surface area (Å²) in [7, 11) is 0. The van der Waals surface area contributed by atoms with Gasteiger partial charge < -0.3 is 70.4 Å². The smallest absolute Gasteiger partial charge is 0.321 e. The molecule has 0 aliphatic carbocycles. The van der Waals surface area contributed by atoms with Crippen molar-refractivity contribution in [3.63, 3.8) is 0 Å². The van der Waals surface area contributed by atoms with E-state index in [9.17, 15) is 28.8 Å². The zero-order chi connectivity index (χ0) is 37.5. The Bertz CT molecular complexity index is 1070. The van der Waals surface area contributed by atoms with E-state index in [0.29, 0.717) is 32.2 Å². The van der Waals surface area contributed by atoms with Gasteiger partial charge in [0.2, 0.25) is 0 Å². The van der Waals surface area contributed by atoms with E-state index in [1.54, 1.807) is 11.8 Å². The quantitative estimate of drug-likeness (QED) is 0.0477. The van der Waals surface area contributed by atoms with Gasteiger partial charge >= 0.3 is 35.8 Å². The van der Waals surface area contributed by atoms with E-state index in [0.717, 1.165) is 11.3 Å². The summed E-state index contributed by atoms with van der Waals surface area (Å²) >= 11 is 1.60. The number of nitrogens with one attached hydrogen (secondary N) is 2. The normalized spacial score (nSPS) is 12.0. The Balaban J connectivity index is -0.000000252. The van der Waals surface area contributed by atoms with E-state index in [2.05, 4.69) is 11.1 Å². The summed E-state index contributed by atoms with van der Waals surface area (Å²) < 4.78 is 0. The first kappa shape index (κ1) is 49.3. The van der Waals surface area contributed by atoms with Crippen molar-refractivity contribution in [2.75, 3.05) is 25.1 Å². The Morgan fingerprint density at radius 2 is 1.17 bits per heavy atom. The van der Waals surface area contributed by atoms with E-state index >= 15 is 0 Å². The number of nitrogens with two attached hydrogens (primary N) is 6. The summed E-state index contributed by atoms with van der Waals surface area (Å²) in [6.45, 7) is 0.205. The van der Waals surface area contributed by atoms with Crippen LogP contribution >= 0.6 is 11.8 Å². The van der Waals surface area contributed by atoms with Crippen LogP contribution in [0.25, 0.3) is 0 Å². The largest absolute Gasteiger partial charge is 0.481 e. The first-order valence-electron chi connectivity index (χ1n) is 13.4. The lowest BCUT2D eigenvalue weighted by atomic mass is 10.1. The third-order valence-electron chi connectivity index (χ3n) is 4.78. The molecule has 0 amide bonds. The van der Waals surface area contributed by atoms with Gasteiger partial charge in [0, 0.05) is 6.54 Å². The van der Waals surface area contributed by atoms with E-state index in [-0.39, 0.29) is 12.5 Å². The molecule has 4 atom stereocenters. The SMILES string of the molecule is CSCCC(N)C(=O)O.N=C(N)NCCCC(N)C(=O)O.NC(CC(=O)O)C(=O)O.NC(Cc1ccccc1)C(=O)O.NCC(=O)O. The second kappa shape index (κ2) is 31.4. The van der Waals surface area contributed by atoms with Crippen LogP contribution in [0, 0.1) is 5.41 Å². The van der Waals surface area contributed by atoms with Gasteiger partial charge in [-0.1, -0.05) is 30.3 Å². The summed E-state index contributed by atoms with van der Waals surface area (Å²) in [6.07, 6.45) is 3.30. The Labute approximate surface area is 275 Å². The summed E-state index contributed by atoms with van der Waals surface area (Å²) in [5, 5.41) is 58.1. The monoisotopic (exact) mass is 696 g/mol. The zero-order valence-corrected chi connectivity index (χ0v) is 26.7. The van der Waals surface area contributed by atoms with Crippen molar-refractivity contribution < 1.29 is 59.4 Å². The van der Waals surface area contributed by atoms with Gasteiger partial charge in [-0.15, -0.1) is 0 Å². The number of carbonyl (C=O) groups is 6. The van der Waals surface area contributed by atoms with Gasteiger partial charge in [0.25, 0.3) is 0 Å². The maximum absolute atomic E-state index is 10.4. The number of carboxylic acid groups (broad SMARTS) is 6. The average Bonchev–Trinajstić information content (AvgIpc) is 2.99. The molecule has 270 valence electrons. The molecule has 4 unspecified atom stereocenters. The number of hydrogen-bond acceptors (Lipinski definition) is 13. The highest BCUT2D eigenvalue weighted by Crippen LogP contribution is 2.01. The Morgan fingerprint density at radius 3 is 1.49 bits per heavy atom. The molecular weight excluding hydrogens is 648 g/mol. The van der Waals surface area contributed by atoms with Crippen molar-refractivity contribution in [3.05, 3.63) is 35.9 Å². The van der Waals surface area contributed by atoms with Crippen LogP contribution in [0.4, 0.5) is 0 Å². The van der Waals surface area contributed by atoms with Crippen LogP contribution in [0.5, 0.6) is 0 Å². The first-order valence-corrected chi connectivity index (χ1v) is 14.8. The van der Waals surface area contributed by atoms with Crippen LogP contribution in [0.3, 0.4) is 0 Å². The Morgan fingerprint density at radius 1 is 0.745 bits per heavy atom. The molecule has 0 radical (unpaired) electrons. The third-order valence-corrected chi connectivity index (χ3v) is 5.42. The van der Waals surface area contributed by atoms with Gasteiger partial charge in [0.15, 0.2) is 5.96 Å². The van der Waals surface area contributed by atoms with Crippen molar-refractivity contribution >= 4 is 53.5 Å². The van der Waals surface area contributed by atoms with Crippen LogP contribution in [0.15, 0.2) is 30.3 Å². The molecule has 0 spiro atoms. The summed E-state index contributed by atoms with van der Waals surface area (Å²) in [4.78, 5) is 59.5. The van der Waals surface area contributed by atoms with E-state index in [4.69, 9.17) is 64.7 Å². The molecule has 1 aromatic carbocycles. The number of benzene rings is 1. The lowest BCUT2D eigenvalue weighted by Gasteiger charge is -2.06. The minimum absolute atomic E-state index is 0.112. The van der Waals surface area contributed by atoms with Crippen LogP contribution in [-0.2, 0) is 35.2 Å². The fraction of sp³-hybridized carbons (Fsp3) is 0.500. The lowest BCUT2D eigenvalue weighted by molar-refractivity contribution is -0.144. The van der Waals surface area contributed by atoms with E-state index in [1.807, 2.05) is 36.6 Å². The minimum atomic E-state index is -1.29. The Hall–Kier alpha value is -4.54. The van der Waals surface area contributed by atoms with Gasteiger partial charge in [0.05, 0.1) is 13.0 Å². The molecule has 0 saturated carbocycles. The zero-order valence-electron chi connectivity index (χ0n) is 25.9. The summed E-state index contributed by atoms with van der Waals surface area (Å²) in [5.41, 5.74) is 31.1. The van der Waals surface area contributed by atoms with Gasteiger partial charge in [-0.05, 0) is 43.3 Å². The van der Waals surface area contributed by atoms with Gasteiger partial charge in [-0.25, -0.2) is 0 Å². The maximum Gasteiger partial charge on any atom is 0.321 e. The Kier molecular flexibility index (Phi) is 33.0.